The average molecular weight is 318 g/mol. The molecule has 0 aliphatic carbocycles. The zero-order chi connectivity index (χ0) is 14.7. The predicted molar refractivity (Wildman–Crippen MR) is 63.2 cm³/mol. The van der Waals surface area contributed by atoms with Crippen molar-refractivity contribution in [1.29, 1.82) is 0 Å². The highest BCUT2D eigenvalue weighted by Crippen LogP contribution is 2.21. The van der Waals surface area contributed by atoms with Gasteiger partial charge in [-0.1, -0.05) is 18.2 Å². The maximum absolute atomic E-state index is 12.1. The van der Waals surface area contributed by atoms with Crippen molar-refractivity contribution in [2.45, 2.75) is 23.1 Å². The Bertz CT molecular complexity index is 533. The number of rotatable bonds is 5. The van der Waals surface area contributed by atoms with E-state index in [1.165, 1.54) is 18.2 Å². The van der Waals surface area contributed by atoms with Crippen LogP contribution < -0.4 is 4.72 Å². The number of halogens is 4. The molecule has 0 spiro atoms. The SMILES string of the molecule is O=S(=O)(NCC(O)C(F)(F)F)c1ccccc1CCl. The Kier molecular flexibility index (Phi) is 5.19. The summed E-state index contributed by atoms with van der Waals surface area (Å²) >= 11 is 5.55. The second-order valence-electron chi connectivity index (χ2n) is 3.65. The predicted octanol–water partition coefficient (Wildman–Crippen LogP) is 1.63. The highest BCUT2D eigenvalue weighted by Gasteiger charge is 2.38. The minimum atomic E-state index is -4.88. The van der Waals surface area contributed by atoms with Crippen molar-refractivity contribution in [2.24, 2.45) is 0 Å². The van der Waals surface area contributed by atoms with E-state index in [2.05, 4.69) is 0 Å². The molecule has 9 heteroatoms. The van der Waals surface area contributed by atoms with E-state index in [1.807, 2.05) is 0 Å². The van der Waals surface area contributed by atoms with E-state index < -0.39 is 28.8 Å². The number of aliphatic hydroxyl groups is 1. The zero-order valence-electron chi connectivity index (χ0n) is 9.48. The minimum Gasteiger partial charge on any atom is -0.382 e. The molecular formula is C10H11ClF3NO3S. The van der Waals surface area contributed by atoms with Gasteiger partial charge in [0.25, 0.3) is 0 Å². The van der Waals surface area contributed by atoms with Gasteiger partial charge in [-0.05, 0) is 11.6 Å². The van der Waals surface area contributed by atoms with Crippen LogP contribution in [0.25, 0.3) is 0 Å². The summed E-state index contributed by atoms with van der Waals surface area (Å²) in [6.07, 6.45) is -7.64. The molecule has 0 aromatic heterocycles. The van der Waals surface area contributed by atoms with E-state index >= 15 is 0 Å². The van der Waals surface area contributed by atoms with E-state index in [4.69, 9.17) is 16.7 Å². The van der Waals surface area contributed by atoms with Crippen molar-refractivity contribution in [1.82, 2.24) is 4.72 Å². The molecule has 1 rings (SSSR count). The molecular weight excluding hydrogens is 307 g/mol. The Balaban J connectivity index is 2.88. The lowest BCUT2D eigenvalue weighted by Crippen LogP contribution is -2.40. The lowest BCUT2D eigenvalue weighted by Gasteiger charge is -2.16. The van der Waals surface area contributed by atoms with Crippen LogP contribution in [0.15, 0.2) is 29.2 Å². The highest BCUT2D eigenvalue weighted by molar-refractivity contribution is 7.89. The molecule has 1 atom stereocenters. The van der Waals surface area contributed by atoms with Gasteiger partial charge in [0.05, 0.1) is 4.90 Å². The van der Waals surface area contributed by atoms with Gasteiger partial charge in [0.1, 0.15) is 0 Å². The first-order valence-corrected chi connectivity index (χ1v) is 7.08. The van der Waals surface area contributed by atoms with Crippen LogP contribution in [0, 0.1) is 0 Å². The van der Waals surface area contributed by atoms with Gasteiger partial charge < -0.3 is 5.11 Å². The first kappa shape index (κ1) is 16.2. The first-order chi connectivity index (χ1) is 8.68. The molecule has 0 aliphatic heterocycles. The maximum atomic E-state index is 12.1. The molecule has 0 amide bonds. The van der Waals surface area contributed by atoms with Crippen molar-refractivity contribution in [3.63, 3.8) is 0 Å². The van der Waals surface area contributed by atoms with Crippen LogP contribution in [-0.2, 0) is 15.9 Å². The molecule has 19 heavy (non-hydrogen) atoms. The second kappa shape index (κ2) is 6.08. The smallest absolute Gasteiger partial charge is 0.382 e. The van der Waals surface area contributed by atoms with E-state index in [1.54, 1.807) is 10.8 Å². The van der Waals surface area contributed by atoms with Crippen LogP contribution in [0.2, 0.25) is 0 Å². The van der Waals surface area contributed by atoms with Crippen molar-refractivity contribution < 1.29 is 26.7 Å². The summed E-state index contributed by atoms with van der Waals surface area (Å²) in [7, 11) is -4.15. The van der Waals surface area contributed by atoms with Gasteiger partial charge in [0, 0.05) is 12.4 Å². The summed E-state index contributed by atoms with van der Waals surface area (Å²) in [6, 6.07) is 5.65. The van der Waals surface area contributed by atoms with Gasteiger partial charge >= 0.3 is 6.18 Å². The third kappa shape index (κ3) is 4.34. The summed E-state index contributed by atoms with van der Waals surface area (Å²) in [4.78, 5) is -0.209. The van der Waals surface area contributed by atoms with E-state index in [9.17, 15) is 21.6 Å². The number of alkyl halides is 4. The Morgan fingerprint density at radius 2 is 1.89 bits per heavy atom. The van der Waals surface area contributed by atoms with Crippen molar-refractivity contribution in [3.05, 3.63) is 29.8 Å². The number of hydrogen-bond acceptors (Lipinski definition) is 3. The topological polar surface area (TPSA) is 66.4 Å². The lowest BCUT2D eigenvalue weighted by molar-refractivity contribution is -0.200. The largest absolute Gasteiger partial charge is 0.415 e. The molecule has 4 nitrogen and oxygen atoms in total. The first-order valence-electron chi connectivity index (χ1n) is 5.07. The number of aliphatic hydroxyl groups excluding tert-OH is 1. The monoisotopic (exact) mass is 317 g/mol. The molecule has 0 heterocycles. The Labute approximate surface area is 113 Å². The molecule has 1 unspecified atom stereocenters. The molecule has 1 aromatic rings. The van der Waals surface area contributed by atoms with Crippen molar-refractivity contribution in [2.75, 3.05) is 6.54 Å². The van der Waals surface area contributed by atoms with Gasteiger partial charge in [-0.3, -0.25) is 0 Å². The van der Waals surface area contributed by atoms with Gasteiger partial charge in [-0.2, -0.15) is 13.2 Å². The number of nitrogens with one attached hydrogen (secondary N) is 1. The fourth-order valence-electron chi connectivity index (χ4n) is 1.26. The summed E-state index contributed by atoms with van der Waals surface area (Å²) < 4.78 is 61.5. The fraction of sp³-hybridized carbons (Fsp3) is 0.400. The Morgan fingerprint density at radius 3 is 2.42 bits per heavy atom. The van der Waals surface area contributed by atoms with Crippen LogP contribution in [0.5, 0.6) is 0 Å². The summed E-state index contributed by atoms with van der Waals surface area (Å²) in [5.41, 5.74) is 0.262. The molecule has 0 saturated carbocycles. The van der Waals surface area contributed by atoms with Gasteiger partial charge in [-0.15, -0.1) is 11.6 Å². The standard InChI is InChI=1S/C10H11ClF3NO3S/c11-5-7-3-1-2-4-8(7)19(17,18)15-6-9(16)10(12,13)14/h1-4,9,15-16H,5-6H2. The summed E-state index contributed by atoms with van der Waals surface area (Å²) in [5, 5.41) is 8.74. The molecule has 0 bridgehead atoms. The molecule has 0 aliphatic rings. The average Bonchev–Trinajstić information content (AvgIpc) is 2.34. The number of hydrogen-bond donors (Lipinski definition) is 2. The maximum Gasteiger partial charge on any atom is 0.415 e. The molecule has 1 aromatic carbocycles. The van der Waals surface area contributed by atoms with Crippen molar-refractivity contribution >= 4 is 21.6 Å². The molecule has 0 radical (unpaired) electrons. The lowest BCUT2D eigenvalue weighted by atomic mass is 10.2. The molecule has 0 fully saturated rings. The van der Waals surface area contributed by atoms with Crippen LogP contribution in [0.1, 0.15) is 5.56 Å². The fourth-order valence-corrected chi connectivity index (χ4v) is 2.85. The number of benzene rings is 1. The second-order valence-corrected chi connectivity index (χ2v) is 5.65. The normalized spacial score (nSPS) is 14.4. The van der Waals surface area contributed by atoms with Crippen LogP contribution in [0.3, 0.4) is 0 Å². The third-order valence-electron chi connectivity index (χ3n) is 2.25. The molecule has 0 saturated heterocycles. The summed E-state index contributed by atoms with van der Waals surface area (Å²) in [6.45, 7) is -1.15. The highest BCUT2D eigenvalue weighted by atomic mass is 35.5. The third-order valence-corrected chi connectivity index (χ3v) is 4.06. The quantitative estimate of drug-likeness (QED) is 0.811. The Morgan fingerprint density at radius 1 is 1.32 bits per heavy atom. The zero-order valence-corrected chi connectivity index (χ0v) is 11.1. The molecule has 108 valence electrons. The Hall–Kier alpha value is -0.830. The van der Waals surface area contributed by atoms with Gasteiger partial charge in [0.2, 0.25) is 10.0 Å². The van der Waals surface area contributed by atoms with E-state index in [0.717, 1.165) is 0 Å². The van der Waals surface area contributed by atoms with Crippen LogP contribution in [-0.4, -0.2) is 32.3 Å². The number of sulfonamides is 1. The van der Waals surface area contributed by atoms with Crippen molar-refractivity contribution in [3.8, 4) is 0 Å². The van der Waals surface area contributed by atoms with E-state index in [-0.39, 0.29) is 16.3 Å². The van der Waals surface area contributed by atoms with Crippen LogP contribution >= 0.6 is 11.6 Å². The summed E-state index contributed by atoms with van der Waals surface area (Å²) in [5.74, 6) is -0.0983. The van der Waals surface area contributed by atoms with Crippen LogP contribution in [0.4, 0.5) is 13.2 Å². The van der Waals surface area contributed by atoms with Gasteiger partial charge in [0.15, 0.2) is 6.10 Å². The van der Waals surface area contributed by atoms with Gasteiger partial charge in [-0.25, -0.2) is 13.1 Å². The molecule has 2 N–H and O–H groups in total. The minimum absolute atomic E-state index is 0.0983. The van der Waals surface area contributed by atoms with E-state index in [0.29, 0.717) is 0 Å².